The van der Waals surface area contributed by atoms with Crippen LogP contribution >= 0.6 is 0 Å². The van der Waals surface area contributed by atoms with Crippen molar-refractivity contribution >= 4 is 17.3 Å². The Balaban J connectivity index is 2.93. The lowest BCUT2D eigenvalue weighted by molar-refractivity contribution is -0.114. The Morgan fingerprint density at radius 2 is 2.00 bits per heavy atom. The molecule has 5 nitrogen and oxygen atoms in total. The number of carbonyl (C=O) groups excluding carboxylic acids is 1. The van der Waals surface area contributed by atoms with E-state index in [9.17, 15) is 4.79 Å². The molecule has 0 aliphatic rings. The molecule has 0 aliphatic heterocycles. The van der Waals surface area contributed by atoms with Crippen molar-refractivity contribution in [1.29, 1.82) is 0 Å². The van der Waals surface area contributed by atoms with Crippen molar-refractivity contribution in [3.63, 3.8) is 0 Å². The van der Waals surface area contributed by atoms with E-state index >= 15 is 0 Å². The van der Waals surface area contributed by atoms with Crippen LogP contribution in [0.5, 0.6) is 5.75 Å². The van der Waals surface area contributed by atoms with Crippen molar-refractivity contribution in [2.45, 2.75) is 34.0 Å². The van der Waals surface area contributed by atoms with Gasteiger partial charge in [-0.2, -0.15) is 0 Å². The Bertz CT molecular complexity index is 447. The highest BCUT2D eigenvalue weighted by atomic mass is 16.7. The van der Waals surface area contributed by atoms with E-state index in [0.29, 0.717) is 11.7 Å². The Hall–Kier alpha value is -1.75. The predicted molar refractivity (Wildman–Crippen MR) is 81.2 cm³/mol. The fourth-order valence-electron chi connectivity index (χ4n) is 1.59. The second-order valence-corrected chi connectivity index (χ2v) is 5.09. The van der Waals surface area contributed by atoms with Crippen LogP contribution in [-0.2, 0) is 9.53 Å². The lowest BCUT2D eigenvalue weighted by Gasteiger charge is -2.19. The molecule has 0 aromatic heterocycles. The number of rotatable bonds is 7. The largest absolute Gasteiger partial charge is 0.463 e. The lowest BCUT2D eigenvalue weighted by Crippen LogP contribution is -2.16. The molecule has 1 amide bonds. The van der Waals surface area contributed by atoms with Gasteiger partial charge in [0.15, 0.2) is 6.29 Å². The van der Waals surface area contributed by atoms with E-state index in [1.54, 1.807) is 13.2 Å². The van der Waals surface area contributed by atoms with E-state index in [-0.39, 0.29) is 12.2 Å². The molecule has 20 heavy (non-hydrogen) atoms. The zero-order valence-electron chi connectivity index (χ0n) is 12.8. The second kappa shape index (κ2) is 7.75. The summed E-state index contributed by atoms with van der Waals surface area (Å²) in [4.78, 5) is 11.1. The Labute approximate surface area is 120 Å². The quantitative estimate of drug-likeness (QED) is 0.754. The summed E-state index contributed by atoms with van der Waals surface area (Å²) in [6, 6.07) is 5.49. The number of carbonyl (C=O) groups is 1. The van der Waals surface area contributed by atoms with Crippen LogP contribution in [0.4, 0.5) is 11.4 Å². The van der Waals surface area contributed by atoms with Crippen molar-refractivity contribution in [3.8, 4) is 5.75 Å². The first-order chi connectivity index (χ1) is 9.42. The molecule has 112 valence electrons. The minimum absolute atomic E-state index is 0.0984. The molecule has 1 atom stereocenters. The molecule has 1 aromatic rings. The highest BCUT2D eigenvalue weighted by Gasteiger charge is 2.10. The Morgan fingerprint density at radius 3 is 2.55 bits per heavy atom. The van der Waals surface area contributed by atoms with Gasteiger partial charge in [-0.15, -0.1) is 0 Å². The first-order valence-corrected chi connectivity index (χ1v) is 6.77. The number of benzene rings is 1. The van der Waals surface area contributed by atoms with Crippen molar-refractivity contribution in [2.75, 3.05) is 24.3 Å². The van der Waals surface area contributed by atoms with Gasteiger partial charge in [0, 0.05) is 26.3 Å². The predicted octanol–water partition coefficient (Wildman–Crippen LogP) is 3.08. The minimum atomic E-state index is -0.332. The molecular formula is C15H24N2O3. The average Bonchev–Trinajstić information content (AvgIpc) is 2.37. The maximum absolute atomic E-state index is 11.1. The second-order valence-electron chi connectivity index (χ2n) is 5.09. The van der Waals surface area contributed by atoms with Crippen molar-refractivity contribution in [1.82, 2.24) is 0 Å². The van der Waals surface area contributed by atoms with E-state index in [2.05, 4.69) is 24.5 Å². The van der Waals surface area contributed by atoms with Crippen LogP contribution in [0, 0.1) is 5.92 Å². The summed E-state index contributed by atoms with van der Waals surface area (Å²) in [6.07, 6.45) is -0.332. The maximum Gasteiger partial charge on any atom is 0.221 e. The van der Waals surface area contributed by atoms with Gasteiger partial charge in [-0.05, 0) is 31.0 Å². The van der Waals surface area contributed by atoms with Gasteiger partial charge in [-0.3, -0.25) is 4.79 Å². The maximum atomic E-state index is 11.1. The molecule has 0 aliphatic carbocycles. The molecular weight excluding hydrogens is 256 g/mol. The minimum Gasteiger partial charge on any atom is -0.463 e. The molecule has 5 heteroatoms. The van der Waals surface area contributed by atoms with Crippen molar-refractivity contribution < 1.29 is 14.3 Å². The molecule has 0 fully saturated rings. The third-order valence-electron chi connectivity index (χ3n) is 2.63. The molecule has 0 saturated carbocycles. The zero-order valence-corrected chi connectivity index (χ0v) is 12.8. The molecule has 0 bridgehead atoms. The van der Waals surface area contributed by atoms with Gasteiger partial charge in [0.2, 0.25) is 5.91 Å². The number of anilines is 2. The first-order valence-electron chi connectivity index (χ1n) is 6.77. The standard InChI is InChI=1S/C15H24N2O3/c1-10(2)9-16-14-8-13(17-11(3)18)6-7-15(14)20-12(4)19-5/h6-8,10,12,16H,9H2,1-5H3,(H,17,18). The number of amides is 1. The van der Waals surface area contributed by atoms with Crippen LogP contribution in [0.25, 0.3) is 0 Å². The van der Waals surface area contributed by atoms with Gasteiger partial charge in [-0.1, -0.05) is 13.8 Å². The number of hydrogen-bond acceptors (Lipinski definition) is 4. The smallest absolute Gasteiger partial charge is 0.221 e. The first kappa shape index (κ1) is 16.3. The third-order valence-corrected chi connectivity index (χ3v) is 2.63. The van der Waals surface area contributed by atoms with Crippen LogP contribution < -0.4 is 15.4 Å². The zero-order chi connectivity index (χ0) is 15.1. The van der Waals surface area contributed by atoms with E-state index in [0.717, 1.165) is 17.9 Å². The van der Waals surface area contributed by atoms with Gasteiger partial charge in [0.1, 0.15) is 5.75 Å². The van der Waals surface area contributed by atoms with Gasteiger partial charge >= 0.3 is 0 Å². The third kappa shape index (κ3) is 5.48. The summed E-state index contributed by atoms with van der Waals surface area (Å²) in [5, 5.41) is 6.09. The number of methoxy groups -OCH3 is 1. The van der Waals surface area contributed by atoms with Gasteiger partial charge in [-0.25, -0.2) is 0 Å². The monoisotopic (exact) mass is 280 g/mol. The molecule has 1 unspecified atom stereocenters. The molecule has 0 spiro atoms. The highest BCUT2D eigenvalue weighted by molar-refractivity contribution is 5.89. The summed E-state index contributed by atoms with van der Waals surface area (Å²) in [5.74, 6) is 1.11. The molecule has 2 N–H and O–H groups in total. The SMILES string of the molecule is COC(C)Oc1ccc(NC(C)=O)cc1NCC(C)C. The van der Waals surface area contributed by atoms with E-state index in [1.165, 1.54) is 6.92 Å². The van der Waals surface area contributed by atoms with Crippen LogP contribution in [-0.4, -0.2) is 25.9 Å². The normalized spacial score (nSPS) is 12.1. The summed E-state index contributed by atoms with van der Waals surface area (Å²) < 4.78 is 10.8. The van der Waals surface area contributed by atoms with Gasteiger partial charge in [0.05, 0.1) is 5.69 Å². The van der Waals surface area contributed by atoms with E-state index < -0.39 is 0 Å². The molecule has 1 rings (SSSR count). The number of nitrogens with one attached hydrogen (secondary N) is 2. The highest BCUT2D eigenvalue weighted by Crippen LogP contribution is 2.29. The average molecular weight is 280 g/mol. The topological polar surface area (TPSA) is 59.6 Å². The van der Waals surface area contributed by atoms with Gasteiger partial charge in [0.25, 0.3) is 0 Å². The molecule has 0 saturated heterocycles. The molecule has 0 heterocycles. The van der Waals surface area contributed by atoms with Crippen molar-refractivity contribution in [3.05, 3.63) is 18.2 Å². The summed E-state index contributed by atoms with van der Waals surface area (Å²) >= 11 is 0. The van der Waals surface area contributed by atoms with Crippen LogP contribution in [0.1, 0.15) is 27.7 Å². The van der Waals surface area contributed by atoms with Crippen LogP contribution in [0.3, 0.4) is 0 Å². The fraction of sp³-hybridized carbons (Fsp3) is 0.533. The van der Waals surface area contributed by atoms with Crippen LogP contribution in [0.15, 0.2) is 18.2 Å². The van der Waals surface area contributed by atoms with E-state index in [1.807, 2.05) is 19.1 Å². The molecule has 0 radical (unpaired) electrons. The number of hydrogen-bond donors (Lipinski definition) is 2. The van der Waals surface area contributed by atoms with Gasteiger partial charge < -0.3 is 20.1 Å². The number of ether oxygens (including phenoxy) is 2. The summed E-state index contributed by atoms with van der Waals surface area (Å²) in [5.41, 5.74) is 1.58. The Kier molecular flexibility index (Phi) is 6.31. The fourth-order valence-corrected chi connectivity index (χ4v) is 1.59. The van der Waals surface area contributed by atoms with Crippen molar-refractivity contribution in [2.24, 2.45) is 5.92 Å². The van der Waals surface area contributed by atoms with Crippen LogP contribution in [0.2, 0.25) is 0 Å². The van der Waals surface area contributed by atoms with E-state index in [4.69, 9.17) is 9.47 Å². The molecule has 1 aromatic carbocycles. The Morgan fingerprint density at radius 1 is 1.30 bits per heavy atom. The summed E-state index contributed by atoms with van der Waals surface area (Å²) in [6.45, 7) is 8.39. The lowest BCUT2D eigenvalue weighted by atomic mass is 10.2. The summed E-state index contributed by atoms with van der Waals surface area (Å²) in [7, 11) is 1.59.